The van der Waals surface area contributed by atoms with Crippen LogP contribution in [0.3, 0.4) is 0 Å². The van der Waals surface area contributed by atoms with Crippen molar-refractivity contribution in [1.29, 1.82) is 0 Å². The van der Waals surface area contributed by atoms with Crippen molar-refractivity contribution in [2.45, 2.75) is 19.8 Å². The molecule has 0 saturated carbocycles. The molecule has 1 nitrogen and oxygen atoms in total. The van der Waals surface area contributed by atoms with Crippen molar-refractivity contribution < 1.29 is 4.74 Å². The molecule has 14 heavy (non-hydrogen) atoms. The molecule has 3 heteroatoms. The molecule has 0 aliphatic heterocycles. The van der Waals surface area contributed by atoms with Crippen molar-refractivity contribution in [3.8, 4) is 0 Å². The average molecular weight is 232 g/mol. The maximum absolute atomic E-state index is 6.05. The molecular formula is C11H13Cl2O. The minimum atomic E-state index is 0.641. The van der Waals surface area contributed by atoms with Gasteiger partial charge in [-0.05, 0) is 18.6 Å². The summed E-state index contributed by atoms with van der Waals surface area (Å²) in [4.78, 5) is 0. The number of methoxy groups -OCH3 is 1. The third-order valence-electron chi connectivity index (χ3n) is 1.96. The fourth-order valence-electron chi connectivity index (χ4n) is 1.29. The Kier molecular flexibility index (Phi) is 4.73. The van der Waals surface area contributed by atoms with Crippen molar-refractivity contribution in [3.63, 3.8) is 0 Å². The second-order valence-corrected chi connectivity index (χ2v) is 3.85. The highest BCUT2D eigenvalue weighted by atomic mass is 35.5. The van der Waals surface area contributed by atoms with Gasteiger partial charge in [0, 0.05) is 22.7 Å². The summed E-state index contributed by atoms with van der Waals surface area (Å²) in [5.74, 6) is 0. The zero-order chi connectivity index (χ0) is 10.6. The molecule has 1 aromatic carbocycles. The molecule has 0 aromatic heterocycles. The molecule has 0 fully saturated rings. The van der Waals surface area contributed by atoms with E-state index < -0.39 is 0 Å². The highest BCUT2D eigenvalue weighted by molar-refractivity contribution is 6.35. The lowest BCUT2D eigenvalue weighted by Crippen LogP contribution is -2.02. The predicted octanol–water partition coefficient (Wildman–Crippen LogP) is 4.32. The van der Waals surface area contributed by atoms with Gasteiger partial charge in [0.1, 0.15) is 6.10 Å². The van der Waals surface area contributed by atoms with Crippen LogP contribution in [-0.4, -0.2) is 7.11 Å². The first-order chi connectivity index (χ1) is 6.69. The first-order valence-electron chi connectivity index (χ1n) is 4.54. The maximum atomic E-state index is 6.05. The number of rotatable bonds is 4. The second-order valence-electron chi connectivity index (χ2n) is 3.00. The van der Waals surface area contributed by atoms with Crippen molar-refractivity contribution in [2.24, 2.45) is 0 Å². The minimum absolute atomic E-state index is 0.641. The van der Waals surface area contributed by atoms with Crippen molar-refractivity contribution in [2.75, 3.05) is 7.11 Å². The summed E-state index contributed by atoms with van der Waals surface area (Å²) >= 11 is 11.9. The third-order valence-corrected chi connectivity index (χ3v) is 2.50. The predicted molar refractivity (Wildman–Crippen MR) is 60.7 cm³/mol. The normalized spacial score (nSPS) is 10.9. The van der Waals surface area contributed by atoms with Gasteiger partial charge >= 0.3 is 0 Å². The molecule has 0 heterocycles. The van der Waals surface area contributed by atoms with Crippen LogP contribution in [0, 0.1) is 6.10 Å². The Labute approximate surface area is 95.0 Å². The van der Waals surface area contributed by atoms with E-state index in [1.165, 1.54) is 0 Å². The van der Waals surface area contributed by atoms with E-state index in [1.54, 1.807) is 13.2 Å². The molecule has 1 radical (unpaired) electrons. The minimum Gasteiger partial charge on any atom is -0.370 e. The van der Waals surface area contributed by atoms with Crippen LogP contribution in [0.15, 0.2) is 18.2 Å². The van der Waals surface area contributed by atoms with E-state index in [1.807, 2.05) is 12.1 Å². The van der Waals surface area contributed by atoms with E-state index in [9.17, 15) is 0 Å². The summed E-state index contributed by atoms with van der Waals surface area (Å²) in [6.45, 7) is 2.10. The monoisotopic (exact) mass is 231 g/mol. The molecule has 0 saturated heterocycles. The summed E-state index contributed by atoms with van der Waals surface area (Å²) < 4.78 is 5.29. The van der Waals surface area contributed by atoms with Crippen LogP contribution in [0.1, 0.15) is 25.3 Å². The number of halogens is 2. The lowest BCUT2D eigenvalue weighted by Gasteiger charge is -2.14. The molecule has 0 amide bonds. The van der Waals surface area contributed by atoms with Gasteiger partial charge in [0.05, 0.1) is 0 Å². The van der Waals surface area contributed by atoms with Gasteiger partial charge in [0.25, 0.3) is 0 Å². The lowest BCUT2D eigenvalue weighted by atomic mass is 10.1. The quantitative estimate of drug-likeness (QED) is 0.751. The molecule has 1 aromatic rings. The zero-order valence-corrected chi connectivity index (χ0v) is 9.82. The average Bonchev–Trinajstić information content (AvgIpc) is 2.15. The van der Waals surface area contributed by atoms with Crippen LogP contribution in [0.4, 0.5) is 0 Å². The van der Waals surface area contributed by atoms with E-state index >= 15 is 0 Å². The van der Waals surface area contributed by atoms with Gasteiger partial charge in [-0.15, -0.1) is 0 Å². The van der Waals surface area contributed by atoms with Gasteiger partial charge in [0.2, 0.25) is 0 Å². The van der Waals surface area contributed by atoms with E-state index in [0.29, 0.717) is 10.0 Å². The molecule has 0 aliphatic rings. The van der Waals surface area contributed by atoms with E-state index in [0.717, 1.165) is 24.5 Å². The van der Waals surface area contributed by atoms with Crippen LogP contribution >= 0.6 is 23.2 Å². The number of hydrogen-bond donors (Lipinski definition) is 0. The maximum Gasteiger partial charge on any atom is 0.127 e. The van der Waals surface area contributed by atoms with Gasteiger partial charge in [-0.1, -0.05) is 42.6 Å². The Bertz CT molecular complexity index is 299. The number of ether oxygens (including phenoxy) is 1. The Morgan fingerprint density at radius 3 is 2.57 bits per heavy atom. The Morgan fingerprint density at radius 2 is 2.07 bits per heavy atom. The van der Waals surface area contributed by atoms with Gasteiger partial charge in [0.15, 0.2) is 0 Å². The summed E-state index contributed by atoms with van der Waals surface area (Å²) in [7, 11) is 1.66. The van der Waals surface area contributed by atoms with Crippen LogP contribution in [0.5, 0.6) is 0 Å². The summed E-state index contributed by atoms with van der Waals surface area (Å²) in [5.41, 5.74) is 0.931. The first-order valence-corrected chi connectivity index (χ1v) is 5.29. The Morgan fingerprint density at radius 1 is 1.36 bits per heavy atom. The smallest absolute Gasteiger partial charge is 0.127 e. The SMILES string of the molecule is CCC[C](OC)c1ccc(Cl)cc1Cl. The highest BCUT2D eigenvalue weighted by Gasteiger charge is 2.14. The molecule has 0 unspecified atom stereocenters. The Balaban J connectivity index is 2.92. The number of benzene rings is 1. The van der Waals surface area contributed by atoms with Crippen molar-refractivity contribution in [3.05, 3.63) is 39.9 Å². The first kappa shape index (κ1) is 11.8. The van der Waals surface area contributed by atoms with Crippen molar-refractivity contribution in [1.82, 2.24) is 0 Å². The van der Waals surface area contributed by atoms with Crippen LogP contribution in [-0.2, 0) is 4.74 Å². The lowest BCUT2D eigenvalue weighted by molar-refractivity contribution is 0.216. The van der Waals surface area contributed by atoms with E-state index in [4.69, 9.17) is 27.9 Å². The number of hydrogen-bond acceptors (Lipinski definition) is 1. The van der Waals surface area contributed by atoms with Crippen LogP contribution in [0.25, 0.3) is 0 Å². The molecule has 0 atom stereocenters. The van der Waals surface area contributed by atoms with Crippen LogP contribution in [0.2, 0.25) is 10.0 Å². The molecule has 0 bridgehead atoms. The fourth-order valence-corrected chi connectivity index (χ4v) is 1.80. The van der Waals surface area contributed by atoms with Gasteiger partial charge in [-0.25, -0.2) is 0 Å². The van der Waals surface area contributed by atoms with Gasteiger partial charge < -0.3 is 4.74 Å². The zero-order valence-electron chi connectivity index (χ0n) is 8.31. The summed E-state index contributed by atoms with van der Waals surface area (Å²) in [5, 5.41) is 1.29. The van der Waals surface area contributed by atoms with Gasteiger partial charge in [-0.2, -0.15) is 0 Å². The van der Waals surface area contributed by atoms with Crippen LogP contribution < -0.4 is 0 Å². The third kappa shape index (κ3) is 2.88. The fraction of sp³-hybridized carbons (Fsp3) is 0.364. The molecule has 0 N–H and O–H groups in total. The molecule has 1 rings (SSSR count). The highest BCUT2D eigenvalue weighted by Crippen LogP contribution is 2.29. The molecular weight excluding hydrogens is 219 g/mol. The van der Waals surface area contributed by atoms with E-state index in [2.05, 4.69) is 6.92 Å². The topological polar surface area (TPSA) is 9.23 Å². The molecule has 0 aliphatic carbocycles. The Hall–Kier alpha value is -0.240. The molecule has 0 spiro atoms. The summed E-state index contributed by atoms with van der Waals surface area (Å²) in [6.07, 6.45) is 2.83. The second kappa shape index (κ2) is 5.59. The standard InChI is InChI=1S/C11H13Cl2O/c1-3-4-11(14-2)9-6-5-8(12)7-10(9)13/h5-7H,3-4H2,1-2H3. The van der Waals surface area contributed by atoms with E-state index in [-0.39, 0.29) is 0 Å². The molecule has 77 valence electrons. The largest absolute Gasteiger partial charge is 0.370 e. The van der Waals surface area contributed by atoms with Gasteiger partial charge in [-0.3, -0.25) is 0 Å². The summed E-state index contributed by atoms with van der Waals surface area (Å²) in [6, 6.07) is 5.43. The van der Waals surface area contributed by atoms with Crippen molar-refractivity contribution >= 4 is 23.2 Å².